The van der Waals surface area contributed by atoms with E-state index in [1.165, 1.54) is 11.3 Å². The summed E-state index contributed by atoms with van der Waals surface area (Å²) in [5.41, 5.74) is 4.89. The number of ether oxygens (including phenoxy) is 2. The number of nitrogens with zero attached hydrogens (tertiary/aromatic N) is 1. The number of benzene rings is 2. The molecule has 0 unspecified atom stereocenters. The third kappa shape index (κ3) is 5.39. The van der Waals surface area contributed by atoms with Crippen molar-refractivity contribution < 1.29 is 23.0 Å². The number of halogens is 2. The number of aromatic nitrogens is 1. The van der Waals surface area contributed by atoms with Crippen molar-refractivity contribution in [3.05, 3.63) is 52.5 Å². The third-order valence-electron chi connectivity index (χ3n) is 3.29. The first-order valence-electron chi connectivity index (χ1n) is 8.83. The van der Waals surface area contributed by atoms with E-state index in [4.69, 9.17) is 15.2 Å². The van der Waals surface area contributed by atoms with Crippen molar-refractivity contribution in [2.45, 2.75) is 34.3 Å². The van der Waals surface area contributed by atoms with Gasteiger partial charge in [-0.15, -0.1) is 11.3 Å². The van der Waals surface area contributed by atoms with Gasteiger partial charge in [-0.25, -0.2) is 13.8 Å². The van der Waals surface area contributed by atoms with Crippen LogP contribution < -0.4 is 15.2 Å². The Hall–Kier alpha value is -2.74. The Bertz CT molecular complexity index is 929. The minimum Gasteiger partial charge on any atom is -0.497 e. The number of rotatable bonds is 5. The largest absolute Gasteiger partial charge is 0.497 e. The first-order valence-corrected chi connectivity index (χ1v) is 9.65. The summed E-state index contributed by atoms with van der Waals surface area (Å²) >= 11 is 1.38. The minimum absolute atomic E-state index is 0.0254. The van der Waals surface area contributed by atoms with Crippen LogP contribution in [0.5, 0.6) is 11.5 Å². The van der Waals surface area contributed by atoms with Crippen LogP contribution in [0.1, 0.15) is 43.1 Å². The lowest BCUT2D eigenvalue weighted by molar-refractivity contribution is 0.0991. The quantitative estimate of drug-likeness (QED) is 0.618. The molecule has 0 radical (unpaired) electrons. The van der Waals surface area contributed by atoms with Crippen LogP contribution in [0.4, 0.5) is 8.78 Å². The SMILES string of the molecule is CC.CC.COc1ccc2sc(COc3ccc(F)c(C(N)=O)c3F)nc2c1. The molecule has 2 N–H and O–H groups in total. The zero-order valence-corrected chi connectivity index (χ0v) is 17.3. The number of methoxy groups -OCH3 is 1. The summed E-state index contributed by atoms with van der Waals surface area (Å²) in [5, 5.41) is 0.600. The van der Waals surface area contributed by atoms with Crippen molar-refractivity contribution in [1.82, 2.24) is 4.98 Å². The number of hydrogen-bond donors (Lipinski definition) is 1. The highest BCUT2D eigenvalue weighted by Crippen LogP contribution is 2.28. The molecular formula is C20H24F2N2O3S. The molecule has 0 aliphatic carbocycles. The monoisotopic (exact) mass is 410 g/mol. The summed E-state index contributed by atoms with van der Waals surface area (Å²) in [6.07, 6.45) is 0. The molecule has 1 aromatic heterocycles. The summed E-state index contributed by atoms with van der Waals surface area (Å²) in [5.74, 6) is -2.93. The van der Waals surface area contributed by atoms with Gasteiger partial charge in [0.15, 0.2) is 11.6 Å². The van der Waals surface area contributed by atoms with Gasteiger partial charge in [0.05, 0.1) is 17.3 Å². The molecule has 1 heterocycles. The van der Waals surface area contributed by atoms with Crippen molar-refractivity contribution in [1.29, 1.82) is 0 Å². The van der Waals surface area contributed by atoms with Crippen LogP contribution in [0, 0.1) is 11.6 Å². The molecule has 152 valence electrons. The number of carbonyl (C=O) groups excluding carboxylic acids is 1. The average molecular weight is 410 g/mol. The van der Waals surface area contributed by atoms with Crippen LogP contribution in [0.25, 0.3) is 10.2 Å². The van der Waals surface area contributed by atoms with Crippen LogP contribution in [-0.4, -0.2) is 18.0 Å². The highest BCUT2D eigenvalue weighted by atomic mass is 32.1. The number of carbonyl (C=O) groups is 1. The van der Waals surface area contributed by atoms with Gasteiger partial charge >= 0.3 is 0 Å². The smallest absolute Gasteiger partial charge is 0.254 e. The highest BCUT2D eigenvalue weighted by Gasteiger charge is 2.19. The number of amides is 1. The molecule has 0 aliphatic rings. The molecule has 5 nitrogen and oxygen atoms in total. The van der Waals surface area contributed by atoms with E-state index >= 15 is 0 Å². The molecule has 0 spiro atoms. The maximum Gasteiger partial charge on any atom is 0.254 e. The zero-order chi connectivity index (χ0) is 21.3. The number of thiazole rings is 1. The fourth-order valence-corrected chi connectivity index (χ4v) is 3.01. The number of primary amides is 1. The standard InChI is InChI=1S/C16H12F2N2O3S.2C2H6/c1-22-8-2-5-12-10(6-8)20-13(24-12)7-23-11-4-3-9(17)14(15(11)18)16(19)21;2*1-2/h2-6H,7H2,1H3,(H2,19,21);2*1-2H3. The second-order valence-corrected chi connectivity index (χ2v) is 5.94. The van der Waals surface area contributed by atoms with Gasteiger partial charge in [-0.3, -0.25) is 4.79 Å². The van der Waals surface area contributed by atoms with Gasteiger partial charge in [0.25, 0.3) is 5.91 Å². The molecule has 0 bridgehead atoms. The fourth-order valence-electron chi connectivity index (χ4n) is 2.15. The van der Waals surface area contributed by atoms with Crippen molar-refractivity contribution in [3.8, 4) is 11.5 Å². The number of fused-ring (bicyclic) bond motifs is 1. The van der Waals surface area contributed by atoms with Crippen LogP contribution in [-0.2, 0) is 6.61 Å². The Morgan fingerprint density at radius 1 is 1.14 bits per heavy atom. The lowest BCUT2D eigenvalue weighted by Gasteiger charge is -2.08. The van der Waals surface area contributed by atoms with Crippen molar-refractivity contribution in [2.75, 3.05) is 7.11 Å². The molecule has 8 heteroatoms. The van der Waals surface area contributed by atoms with E-state index in [9.17, 15) is 13.6 Å². The molecule has 0 saturated carbocycles. The van der Waals surface area contributed by atoms with Gasteiger partial charge in [0.2, 0.25) is 0 Å². The van der Waals surface area contributed by atoms with Crippen molar-refractivity contribution in [3.63, 3.8) is 0 Å². The van der Waals surface area contributed by atoms with E-state index in [1.54, 1.807) is 13.2 Å². The first-order chi connectivity index (χ1) is 13.5. The maximum atomic E-state index is 14.1. The van der Waals surface area contributed by atoms with Crippen LogP contribution in [0.2, 0.25) is 0 Å². The third-order valence-corrected chi connectivity index (χ3v) is 4.30. The van der Waals surface area contributed by atoms with E-state index in [1.807, 2.05) is 39.8 Å². The Morgan fingerprint density at radius 3 is 2.43 bits per heavy atom. The molecule has 28 heavy (non-hydrogen) atoms. The molecule has 0 saturated heterocycles. The Kier molecular flexibility index (Phi) is 9.31. The predicted molar refractivity (Wildman–Crippen MR) is 108 cm³/mol. The summed E-state index contributed by atoms with van der Waals surface area (Å²) in [6, 6.07) is 7.48. The van der Waals surface area contributed by atoms with Crippen LogP contribution in [0.15, 0.2) is 30.3 Å². The van der Waals surface area contributed by atoms with E-state index in [0.29, 0.717) is 10.8 Å². The van der Waals surface area contributed by atoms with Gasteiger partial charge < -0.3 is 15.2 Å². The van der Waals surface area contributed by atoms with Gasteiger partial charge in [-0.05, 0) is 24.3 Å². The summed E-state index contributed by atoms with van der Waals surface area (Å²) in [6.45, 7) is 7.97. The summed E-state index contributed by atoms with van der Waals surface area (Å²) in [4.78, 5) is 15.5. The maximum absolute atomic E-state index is 14.1. The first kappa shape index (κ1) is 23.3. The van der Waals surface area contributed by atoms with Crippen molar-refractivity contribution >= 4 is 27.5 Å². The van der Waals surface area contributed by atoms with Crippen molar-refractivity contribution in [2.24, 2.45) is 5.73 Å². The second-order valence-electron chi connectivity index (χ2n) is 4.83. The van der Waals surface area contributed by atoms with Crippen LogP contribution >= 0.6 is 11.3 Å². The number of nitrogens with two attached hydrogens (primary N) is 1. The molecule has 3 rings (SSSR count). The molecule has 0 atom stereocenters. The Labute approximate surface area is 167 Å². The number of hydrogen-bond acceptors (Lipinski definition) is 5. The molecule has 3 aromatic rings. The minimum atomic E-state index is -1.19. The Morgan fingerprint density at radius 2 is 1.82 bits per heavy atom. The van der Waals surface area contributed by atoms with Gasteiger partial charge in [-0.2, -0.15) is 0 Å². The second kappa shape index (κ2) is 11.2. The predicted octanol–water partition coefficient (Wildman–Crippen LogP) is 5.31. The van der Waals surface area contributed by atoms with Crippen LogP contribution in [0.3, 0.4) is 0 Å². The highest BCUT2D eigenvalue weighted by molar-refractivity contribution is 7.18. The summed E-state index contributed by atoms with van der Waals surface area (Å²) < 4.78 is 38.9. The van der Waals surface area contributed by atoms with E-state index < -0.39 is 23.1 Å². The molecular weight excluding hydrogens is 386 g/mol. The zero-order valence-electron chi connectivity index (χ0n) is 16.5. The summed E-state index contributed by atoms with van der Waals surface area (Å²) in [7, 11) is 1.56. The van der Waals surface area contributed by atoms with Gasteiger partial charge in [0.1, 0.15) is 28.7 Å². The van der Waals surface area contributed by atoms with E-state index in [2.05, 4.69) is 4.98 Å². The Balaban J connectivity index is 0.000000921. The lowest BCUT2D eigenvalue weighted by atomic mass is 10.2. The van der Waals surface area contributed by atoms with E-state index in [-0.39, 0.29) is 12.4 Å². The fraction of sp³-hybridized carbons (Fsp3) is 0.300. The van der Waals surface area contributed by atoms with E-state index in [0.717, 1.165) is 22.3 Å². The lowest BCUT2D eigenvalue weighted by Crippen LogP contribution is -2.16. The van der Waals surface area contributed by atoms with Gasteiger partial charge in [-0.1, -0.05) is 27.7 Å². The average Bonchev–Trinajstić information content (AvgIpc) is 3.12. The molecule has 2 aromatic carbocycles. The molecule has 0 fully saturated rings. The normalized spacial score (nSPS) is 9.68. The molecule has 0 aliphatic heterocycles. The van der Waals surface area contributed by atoms with Gasteiger partial charge in [0, 0.05) is 6.07 Å². The topological polar surface area (TPSA) is 74.4 Å². The molecule has 1 amide bonds.